The third-order valence-corrected chi connectivity index (χ3v) is 5.43. The first-order valence-corrected chi connectivity index (χ1v) is 8.88. The van der Waals surface area contributed by atoms with Crippen LogP contribution in [0.25, 0.3) is 0 Å². The number of benzene rings is 1. The summed E-state index contributed by atoms with van der Waals surface area (Å²) in [6.45, 7) is 0. The Morgan fingerprint density at radius 1 is 1.19 bits per heavy atom. The van der Waals surface area contributed by atoms with Crippen molar-refractivity contribution >= 4 is 33.0 Å². The maximum Gasteiger partial charge on any atom is 0.265 e. The topological polar surface area (TPSA) is 75.3 Å². The minimum Gasteiger partial charge on any atom is -0.321 e. The molecule has 3 rings (SSSR count). The van der Waals surface area contributed by atoms with E-state index in [1.54, 1.807) is 24.3 Å². The summed E-state index contributed by atoms with van der Waals surface area (Å²) in [5.41, 5.74) is 0.465. The normalized spacial score (nSPS) is 14.9. The zero-order chi connectivity index (χ0) is 14.9. The highest BCUT2D eigenvalue weighted by Crippen LogP contribution is 2.23. The highest BCUT2D eigenvalue weighted by Gasteiger charge is 2.28. The van der Waals surface area contributed by atoms with Crippen molar-refractivity contribution in [2.75, 3.05) is 5.32 Å². The van der Waals surface area contributed by atoms with Crippen LogP contribution >= 0.6 is 11.3 Å². The summed E-state index contributed by atoms with van der Waals surface area (Å²) in [5, 5.41) is 4.52. The van der Waals surface area contributed by atoms with E-state index in [0.29, 0.717) is 10.6 Å². The highest BCUT2D eigenvalue weighted by atomic mass is 32.2. The van der Waals surface area contributed by atoms with Gasteiger partial charge in [0.05, 0.1) is 9.77 Å². The van der Waals surface area contributed by atoms with Gasteiger partial charge in [-0.15, -0.1) is 11.3 Å². The maximum absolute atomic E-state index is 12.1. The van der Waals surface area contributed by atoms with Crippen LogP contribution in [0.1, 0.15) is 22.5 Å². The van der Waals surface area contributed by atoms with Crippen LogP contribution in [0.3, 0.4) is 0 Å². The molecule has 1 aliphatic rings. The summed E-state index contributed by atoms with van der Waals surface area (Å²) >= 11 is 1.33. The predicted molar refractivity (Wildman–Crippen MR) is 82.1 cm³/mol. The van der Waals surface area contributed by atoms with E-state index in [0.717, 1.165) is 12.8 Å². The molecule has 1 heterocycles. The second-order valence-corrected chi connectivity index (χ2v) is 7.52. The van der Waals surface area contributed by atoms with Crippen LogP contribution in [0.5, 0.6) is 0 Å². The summed E-state index contributed by atoms with van der Waals surface area (Å²) in [6, 6.07) is 9.84. The van der Waals surface area contributed by atoms with E-state index >= 15 is 0 Å². The van der Waals surface area contributed by atoms with Gasteiger partial charge in [0.1, 0.15) is 0 Å². The number of amides is 1. The van der Waals surface area contributed by atoms with Crippen molar-refractivity contribution in [3.63, 3.8) is 0 Å². The van der Waals surface area contributed by atoms with Crippen LogP contribution in [-0.2, 0) is 10.0 Å². The Morgan fingerprint density at radius 2 is 2.00 bits per heavy atom. The van der Waals surface area contributed by atoms with E-state index in [1.165, 1.54) is 23.5 Å². The number of carbonyl (C=O) groups is 1. The first kappa shape index (κ1) is 14.2. The Bertz CT molecular complexity index is 750. The van der Waals surface area contributed by atoms with E-state index in [-0.39, 0.29) is 16.8 Å². The zero-order valence-electron chi connectivity index (χ0n) is 11.1. The number of hydrogen-bond donors (Lipinski definition) is 2. The molecule has 1 fully saturated rings. The smallest absolute Gasteiger partial charge is 0.265 e. The largest absolute Gasteiger partial charge is 0.321 e. The first-order chi connectivity index (χ1) is 10.0. The fourth-order valence-electron chi connectivity index (χ4n) is 1.83. The average molecular weight is 322 g/mol. The number of thiophene rings is 1. The van der Waals surface area contributed by atoms with Gasteiger partial charge in [0, 0.05) is 11.7 Å². The quantitative estimate of drug-likeness (QED) is 0.888. The molecule has 1 saturated carbocycles. The molecule has 0 bridgehead atoms. The van der Waals surface area contributed by atoms with Crippen molar-refractivity contribution in [3.05, 3.63) is 46.7 Å². The molecule has 0 spiro atoms. The zero-order valence-corrected chi connectivity index (χ0v) is 12.7. The molecule has 1 aromatic heterocycles. The van der Waals surface area contributed by atoms with E-state index in [9.17, 15) is 13.2 Å². The van der Waals surface area contributed by atoms with Crippen LogP contribution in [0.15, 0.2) is 46.7 Å². The van der Waals surface area contributed by atoms with Crippen molar-refractivity contribution in [2.45, 2.75) is 23.8 Å². The Kier molecular flexibility index (Phi) is 3.79. The lowest BCUT2D eigenvalue weighted by molar-refractivity contribution is 0.103. The molecule has 21 heavy (non-hydrogen) atoms. The molecule has 1 aliphatic carbocycles. The monoisotopic (exact) mass is 322 g/mol. The maximum atomic E-state index is 12.1. The van der Waals surface area contributed by atoms with E-state index in [1.807, 2.05) is 5.38 Å². The van der Waals surface area contributed by atoms with E-state index in [4.69, 9.17) is 0 Å². The van der Waals surface area contributed by atoms with Crippen molar-refractivity contribution in [2.24, 2.45) is 0 Å². The summed E-state index contributed by atoms with van der Waals surface area (Å²) in [7, 11) is -3.51. The third-order valence-electron chi connectivity index (χ3n) is 3.05. The molecular weight excluding hydrogens is 308 g/mol. The third kappa shape index (κ3) is 3.49. The fraction of sp³-hybridized carbons (Fsp3) is 0.214. The van der Waals surface area contributed by atoms with Gasteiger partial charge in [-0.05, 0) is 42.5 Å². The minimum absolute atomic E-state index is 0.0550. The van der Waals surface area contributed by atoms with Gasteiger partial charge in [0.15, 0.2) is 0 Å². The molecule has 5 nitrogen and oxygen atoms in total. The van der Waals surface area contributed by atoms with Gasteiger partial charge in [-0.3, -0.25) is 4.79 Å². The molecule has 7 heteroatoms. The van der Waals surface area contributed by atoms with Crippen LogP contribution in [0.2, 0.25) is 0 Å². The van der Waals surface area contributed by atoms with Gasteiger partial charge in [0.2, 0.25) is 10.0 Å². The first-order valence-electron chi connectivity index (χ1n) is 6.52. The Balaban J connectivity index is 1.78. The highest BCUT2D eigenvalue weighted by molar-refractivity contribution is 7.89. The van der Waals surface area contributed by atoms with Crippen molar-refractivity contribution < 1.29 is 13.2 Å². The lowest BCUT2D eigenvalue weighted by Gasteiger charge is -2.08. The summed E-state index contributed by atoms with van der Waals surface area (Å²) in [5.74, 6) is -0.241. The second-order valence-electron chi connectivity index (χ2n) is 4.85. The van der Waals surface area contributed by atoms with Crippen molar-refractivity contribution in [1.29, 1.82) is 0 Å². The molecule has 2 aromatic rings. The fourth-order valence-corrected chi connectivity index (χ4v) is 3.80. The van der Waals surface area contributed by atoms with Gasteiger partial charge in [-0.25, -0.2) is 13.1 Å². The molecule has 0 radical (unpaired) electrons. The summed E-state index contributed by atoms with van der Waals surface area (Å²) < 4.78 is 26.9. The van der Waals surface area contributed by atoms with Gasteiger partial charge < -0.3 is 5.32 Å². The van der Waals surface area contributed by atoms with Crippen LogP contribution in [0.4, 0.5) is 5.69 Å². The van der Waals surface area contributed by atoms with Crippen LogP contribution < -0.4 is 10.0 Å². The molecule has 0 saturated heterocycles. The summed E-state index contributed by atoms with van der Waals surface area (Å²) in [4.78, 5) is 12.7. The number of anilines is 1. The second kappa shape index (κ2) is 5.59. The summed E-state index contributed by atoms with van der Waals surface area (Å²) in [6.07, 6.45) is 1.77. The molecule has 2 N–H and O–H groups in total. The molecule has 1 amide bonds. The van der Waals surface area contributed by atoms with Crippen LogP contribution in [-0.4, -0.2) is 20.4 Å². The van der Waals surface area contributed by atoms with Gasteiger partial charge >= 0.3 is 0 Å². The molecule has 0 unspecified atom stereocenters. The molecule has 0 aliphatic heterocycles. The number of sulfonamides is 1. The van der Waals surface area contributed by atoms with E-state index in [2.05, 4.69) is 10.0 Å². The molecule has 1 aromatic carbocycles. The minimum atomic E-state index is -3.51. The lowest BCUT2D eigenvalue weighted by Crippen LogP contribution is -2.25. The van der Waals surface area contributed by atoms with Crippen molar-refractivity contribution in [1.82, 2.24) is 4.72 Å². The predicted octanol–water partition coefficient (Wildman–Crippen LogP) is 2.44. The van der Waals surface area contributed by atoms with Crippen LogP contribution in [0, 0.1) is 0 Å². The van der Waals surface area contributed by atoms with Gasteiger partial charge in [0.25, 0.3) is 5.91 Å². The Labute approximate surface area is 127 Å². The Morgan fingerprint density at radius 3 is 2.67 bits per heavy atom. The molecule has 0 atom stereocenters. The average Bonchev–Trinajstić information content (AvgIpc) is 3.08. The number of carbonyl (C=O) groups excluding carboxylic acids is 1. The number of nitrogens with one attached hydrogen (secondary N) is 2. The van der Waals surface area contributed by atoms with Crippen molar-refractivity contribution in [3.8, 4) is 0 Å². The standard InChI is InChI=1S/C14H14N2O3S2/c17-14(13-5-2-8-20-13)15-11-3-1-4-12(9-11)21(18,19)16-10-6-7-10/h1-5,8-10,16H,6-7H2,(H,15,17). The van der Waals surface area contributed by atoms with Gasteiger partial charge in [-0.2, -0.15) is 0 Å². The number of hydrogen-bond acceptors (Lipinski definition) is 4. The van der Waals surface area contributed by atoms with E-state index < -0.39 is 10.0 Å². The Hall–Kier alpha value is -1.70. The number of rotatable bonds is 5. The molecule has 110 valence electrons. The lowest BCUT2D eigenvalue weighted by atomic mass is 10.3. The molecular formula is C14H14N2O3S2. The SMILES string of the molecule is O=C(Nc1cccc(S(=O)(=O)NC2CC2)c1)c1cccs1. The van der Waals surface area contributed by atoms with Gasteiger partial charge in [-0.1, -0.05) is 12.1 Å².